The second-order valence-corrected chi connectivity index (χ2v) is 13.4. The Morgan fingerprint density at radius 1 is 0.489 bits per heavy atom. The molecule has 0 aliphatic rings. The van der Waals surface area contributed by atoms with Crippen molar-refractivity contribution in [2.45, 2.75) is 219 Å². The normalized spacial score (nSPS) is 12.2. The predicted octanol–water partition coefficient (Wildman–Crippen LogP) is 12.1. The molecular weight excluding hydrogens is 560 g/mol. The molecular formula is C40H76O5. The maximum Gasteiger partial charge on any atom is 0.306 e. The molecule has 0 heterocycles. The maximum atomic E-state index is 12.1. The average Bonchev–Trinajstić information content (AvgIpc) is 3.04. The van der Waals surface area contributed by atoms with Gasteiger partial charge in [-0.05, 0) is 38.5 Å². The number of rotatable bonds is 36. The Morgan fingerprint density at radius 3 is 1.20 bits per heavy atom. The largest absolute Gasteiger partial charge is 0.462 e. The summed E-state index contributed by atoms with van der Waals surface area (Å²) in [6, 6.07) is 0. The van der Waals surface area contributed by atoms with Gasteiger partial charge in [0.15, 0.2) is 6.10 Å². The summed E-state index contributed by atoms with van der Waals surface area (Å²) in [6.07, 6.45) is 41.2. The molecule has 0 bridgehead atoms. The fourth-order valence-electron chi connectivity index (χ4n) is 5.78. The van der Waals surface area contributed by atoms with Crippen LogP contribution in [0.2, 0.25) is 0 Å². The van der Waals surface area contributed by atoms with Gasteiger partial charge in [0.05, 0.1) is 6.61 Å². The third-order valence-corrected chi connectivity index (χ3v) is 8.81. The summed E-state index contributed by atoms with van der Waals surface area (Å²) >= 11 is 0. The van der Waals surface area contributed by atoms with E-state index in [4.69, 9.17) is 9.47 Å². The standard InChI is InChI=1S/C40H76O5/c1-3-5-7-9-11-13-15-17-19-20-21-23-24-26-28-30-32-34-39(42)44-37-38(36-41)45-40(43)35-33-31-29-27-25-22-18-16-14-12-10-8-6-4-2/h17,19,38,41H,3-16,18,20-37H2,1-2H3/b19-17+/t38-/m0/s1. The van der Waals surface area contributed by atoms with Crippen molar-refractivity contribution in [3.8, 4) is 0 Å². The molecule has 0 saturated carbocycles. The Labute approximate surface area is 280 Å². The van der Waals surface area contributed by atoms with Crippen molar-refractivity contribution < 1.29 is 24.2 Å². The van der Waals surface area contributed by atoms with E-state index in [2.05, 4.69) is 26.0 Å². The maximum absolute atomic E-state index is 12.1. The molecule has 5 nitrogen and oxygen atoms in total. The Kier molecular flexibility index (Phi) is 36.0. The Balaban J connectivity index is 3.52. The van der Waals surface area contributed by atoms with Crippen molar-refractivity contribution in [2.24, 2.45) is 0 Å². The number of aliphatic hydroxyl groups excluding tert-OH is 1. The highest BCUT2D eigenvalue weighted by Crippen LogP contribution is 2.15. The van der Waals surface area contributed by atoms with Crippen LogP contribution in [0.25, 0.3) is 0 Å². The van der Waals surface area contributed by atoms with Crippen molar-refractivity contribution in [2.75, 3.05) is 13.2 Å². The van der Waals surface area contributed by atoms with Gasteiger partial charge < -0.3 is 14.6 Å². The first kappa shape index (κ1) is 43.6. The lowest BCUT2D eigenvalue weighted by atomic mass is 10.0. The molecule has 0 spiro atoms. The van der Waals surface area contributed by atoms with Gasteiger partial charge in [-0.3, -0.25) is 9.59 Å². The highest BCUT2D eigenvalue weighted by molar-refractivity contribution is 5.70. The van der Waals surface area contributed by atoms with Gasteiger partial charge in [0.25, 0.3) is 0 Å². The first-order valence-electron chi connectivity index (χ1n) is 19.7. The number of carbonyl (C=O) groups is 2. The zero-order chi connectivity index (χ0) is 32.9. The van der Waals surface area contributed by atoms with E-state index in [-0.39, 0.29) is 25.2 Å². The van der Waals surface area contributed by atoms with Crippen LogP contribution >= 0.6 is 0 Å². The van der Waals surface area contributed by atoms with E-state index in [1.54, 1.807) is 0 Å². The quantitative estimate of drug-likeness (QED) is 0.0421. The molecule has 1 N–H and O–H groups in total. The average molecular weight is 637 g/mol. The second-order valence-electron chi connectivity index (χ2n) is 13.4. The van der Waals surface area contributed by atoms with E-state index in [1.165, 1.54) is 148 Å². The fraction of sp³-hybridized carbons (Fsp3) is 0.900. The molecule has 0 aliphatic carbocycles. The molecule has 45 heavy (non-hydrogen) atoms. The van der Waals surface area contributed by atoms with Crippen LogP contribution in [0, 0.1) is 0 Å². The van der Waals surface area contributed by atoms with Gasteiger partial charge >= 0.3 is 11.9 Å². The predicted molar refractivity (Wildman–Crippen MR) is 192 cm³/mol. The Hall–Kier alpha value is -1.36. The minimum Gasteiger partial charge on any atom is -0.462 e. The van der Waals surface area contributed by atoms with Crippen molar-refractivity contribution in [3.05, 3.63) is 12.2 Å². The molecule has 0 fully saturated rings. The van der Waals surface area contributed by atoms with Gasteiger partial charge in [-0.1, -0.05) is 174 Å². The number of hydrogen-bond donors (Lipinski definition) is 1. The fourth-order valence-corrected chi connectivity index (χ4v) is 5.78. The number of ether oxygens (including phenoxy) is 2. The van der Waals surface area contributed by atoms with Crippen LogP contribution in [0.4, 0.5) is 0 Å². The smallest absolute Gasteiger partial charge is 0.306 e. The van der Waals surface area contributed by atoms with Gasteiger partial charge in [0.2, 0.25) is 0 Å². The van der Waals surface area contributed by atoms with E-state index in [9.17, 15) is 14.7 Å². The minimum atomic E-state index is -0.765. The van der Waals surface area contributed by atoms with Crippen LogP contribution in [0.5, 0.6) is 0 Å². The molecule has 1 atom stereocenters. The van der Waals surface area contributed by atoms with Crippen LogP contribution < -0.4 is 0 Å². The highest BCUT2D eigenvalue weighted by atomic mass is 16.6. The van der Waals surface area contributed by atoms with Gasteiger partial charge in [-0.2, -0.15) is 0 Å². The summed E-state index contributed by atoms with van der Waals surface area (Å²) in [6.45, 7) is 4.14. The van der Waals surface area contributed by atoms with Crippen LogP contribution in [0.1, 0.15) is 213 Å². The van der Waals surface area contributed by atoms with Crippen molar-refractivity contribution in [1.82, 2.24) is 0 Å². The Morgan fingerprint density at radius 2 is 0.822 bits per heavy atom. The van der Waals surface area contributed by atoms with E-state index < -0.39 is 6.10 Å². The Bertz CT molecular complexity index is 647. The number of carbonyl (C=O) groups excluding carboxylic acids is 2. The summed E-state index contributed by atoms with van der Waals surface area (Å²) in [5.41, 5.74) is 0. The first-order chi connectivity index (χ1) is 22.1. The van der Waals surface area contributed by atoms with Gasteiger partial charge in [0.1, 0.15) is 6.61 Å². The highest BCUT2D eigenvalue weighted by Gasteiger charge is 2.16. The third kappa shape index (κ3) is 35.3. The molecule has 0 radical (unpaired) electrons. The lowest BCUT2D eigenvalue weighted by Gasteiger charge is -2.15. The summed E-state index contributed by atoms with van der Waals surface area (Å²) in [5.74, 6) is -0.586. The zero-order valence-electron chi connectivity index (χ0n) is 30.1. The zero-order valence-corrected chi connectivity index (χ0v) is 30.1. The summed E-state index contributed by atoms with van der Waals surface area (Å²) in [4.78, 5) is 24.2. The molecule has 0 aromatic carbocycles. The lowest BCUT2D eigenvalue weighted by molar-refractivity contribution is -0.161. The summed E-state index contributed by atoms with van der Waals surface area (Å²) < 4.78 is 10.6. The number of allylic oxidation sites excluding steroid dienone is 2. The van der Waals surface area contributed by atoms with Gasteiger partial charge in [-0.25, -0.2) is 0 Å². The van der Waals surface area contributed by atoms with E-state index >= 15 is 0 Å². The number of aliphatic hydroxyl groups is 1. The van der Waals surface area contributed by atoms with Gasteiger partial charge in [0, 0.05) is 12.8 Å². The van der Waals surface area contributed by atoms with Crippen LogP contribution in [0.3, 0.4) is 0 Å². The molecule has 0 rings (SSSR count). The minimum absolute atomic E-state index is 0.0623. The third-order valence-electron chi connectivity index (χ3n) is 8.81. The van der Waals surface area contributed by atoms with Crippen LogP contribution in [-0.2, 0) is 19.1 Å². The van der Waals surface area contributed by atoms with Crippen LogP contribution in [-0.4, -0.2) is 36.4 Å². The van der Waals surface area contributed by atoms with Crippen molar-refractivity contribution in [1.29, 1.82) is 0 Å². The molecule has 266 valence electrons. The molecule has 0 aromatic rings. The van der Waals surface area contributed by atoms with Crippen LogP contribution in [0.15, 0.2) is 12.2 Å². The molecule has 0 aromatic heterocycles. The van der Waals surface area contributed by atoms with E-state index in [0.29, 0.717) is 12.8 Å². The SMILES string of the molecule is CCCCCCCC/C=C/CCCCCCCCCC(=O)OC[C@H](CO)OC(=O)CCCCCCCCCCCCCCCC. The monoisotopic (exact) mass is 637 g/mol. The number of unbranched alkanes of at least 4 members (excludes halogenated alkanes) is 26. The summed E-state index contributed by atoms with van der Waals surface area (Å²) in [5, 5.41) is 9.54. The molecule has 0 unspecified atom stereocenters. The molecule has 0 aliphatic heterocycles. The molecule has 0 saturated heterocycles. The summed E-state index contributed by atoms with van der Waals surface area (Å²) in [7, 11) is 0. The van der Waals surface area contributed by atoms with E-state index in [1.807, 2.05) is 0 Å². The number of esters is 2. The lowest BCUT2D eigenvalue weighted by Crippen LogP contribution is -2.28. The number of hydrogen-bond acceptors (Lipinski definition) is 5. The van der Waals surface area contributed by atoms with Gasteiger partial charge in [-0.15, -0.1) is 0 Å². The first-order valence-corrected chi connectivity index (χ1v) is 19.7. The topological polar surface area (TPSA) is 72.8 Å². The molecule has 5 heteroatoms. The van der Waals surface area contributed by atoms with E-state index in [0.717, 1.165) is 38.5 Å². The molecule has 0 amide bonds. The van der Waals surface area contributed by atoms with Crippen molar-refractivity contribution >= 4 is 11.9 Å². The second kappa shape index (κ2) is 37.1. The van der Waals surface area contributed by atoms with Crippen molar-refractivity contribution in [3.63, 3.8) is 0 Å².